The molecule has 0 fully saturated rings. The number of nitriles is 2. The standard InChI is InChI=1S/C15H12N4/c16-9-4-10-19(14-5-2-1-3-6-14)15-8-7-13(11-17)12-18-15/h1-3,5-8,12H,4,10H2. The van der Waals surface area contributed by atoms with Gasteiger partial charge in [-0.2, -0.15) is 10.5 Å². The first-order chi connectivity index (χ1) is 9.35. The van der Waals surface area contributed by atoms with Crippen molar-refractivity contribution >= 4 is 11.5 Å². The molecule has 0 aliphatic heterocycles. The van der Waals surface area contributed by atoms with Gasteiger partial charge in [0.1, 0.15) is 11.9 Å². The molecule has 0 atom stereocenters. The number of hydrogen-bond acceptors (Lipinski definition) is 4. The molecule has 4 nitrogen and oxygen atoms in total. The van der Waals surface area contributed by atoms with Crippen molar-refractivity contribution in [2.45, 2.75) is 6.42 Å². The topological polar surface area (TPSA) is 63.7 Å². The van der Waals surface area contributed by atoms with E-state index in [0.717, 1.165) is 11.5 Å². The molecular formula is C15H12N4. The van der Waals surface area contributed by atoms with Gasteiger partial charge >= 0.3 is 0 Å². The van der Waals surface area contributed by atoms with Crippen molar-refractivity contribution in [3.05, 3.63) is 54.2 Å². The maximum absolute atomic E-state index is 8.78. The number of pyridine rings is 1. The predicted octanol–water partition coefficient (Wildman–Crippen LogP) is 3.01. The lowest BCUT2D eigenvalue weighted by atomic mass is 10.2. The SMILES string of the molecule is N#CCCN(c1ccccc1)c1ccc(C#N)cn1. The van der Waals surface area contributed by atoms with Gasteiger partial charge in [-0.25, -0.2) is 4.98 Å². The second kappa shape index (κ2) is 6.18. The molecule has 2 rings (SSSR count). The van der Waals surface area contributed by atoms with E-state index in [4.69, 9.17) is 10.5 Å². The summed E-state index contributed by atoms with van der Waals surface area (Å²) in [6.07, 6.45) is 1.95. The van der Waals surface area contributed by atoms with Crippen molar-refractivity contribution in [3.63, 3.8) is 0 Å². The van der Waals surface area contributed by atoms with Crippen LogP contribution >= 0.6 is 0 Å². The number of anilines is 2. The average Bonchev–Trinajstić information content (AvgIpc) is 2.49. The molecule has 19 heavy (non-hydrogen) atoms. The summed E-state index contributed by atoms with van der Waals surface area (Å²) in [4.78, 5) is 6.24. The van der Waals surface area contributed by atoms with Gasteiger partial charge < -0.3 is 4.90 Å². The average molecular weight is 248 g/mol. The summed E-state index contributed by atoms with van der Waals surface area (Å²) < 4.78 is 0. The Bertz CT molecular complexity index is 605. The Balaban J connectivity index is 2.32. The minimum Gasteiger partial charge on any atom is -0.325 e. The smallest absolute Gasteiger partial charge is 0.133 e. The number of aromatic nitrogens is 1. The maximum Gasteiger partial charge on any atom is 0.133 e. The Morgan fingerprint density at radius 3 is 2.42 bits per heavy atom. The summed E-state index contributed by atoms with van der Waals surface area (Å²) in [6, 6.07) is 17.5. The Morgan fingerprint density at radius 2 is 1.84 bits per heavy atom. The second-order valence-electron chi connectivity index (χ2n) is 3.91. The normalized spacial score (nSPS) is 9.37. The molecule has 0 aliphatic rings. The van der Waals surface area contributed by atoms with Crippen LogP contribution in [0.15, 0.2) is 48.7 Å². The Hall–Kier alpha value is -2.85. The first kappa shape index (κ1) is 12.6. The third-order valence-electron chi connectivity index (χ3n) is 2.67. The minimum absolute atomic E-state index is 0.413. The van der Waals surface area contributed by atoms with E-state index in [-0.39, 0.29) is 0 Å². The molecule has 0 spiro atoms. The van der Waals surface area contributed by atoms with Crippen molar-refractivity contribution < 1.29 is 0 Å². The third-order valence-corrected chi connectivity index (χ3v) is 2.67. The highest BCUT2D eigenvalue weighted by Crippen LogP contribution is 2.23. The number of hydrogen-bond donors (Lipinski definition) is 0. The Labute approximate surface area is 112 Å². The monoisotopic (exact) mass is 248 g/mol. The molecule has 2 aromatic rings. The van der Waals surface area contributed by atoms with Gasteiger partial charge in [-0.15, -0.1) is 0 Å². The molecule has 1 aromatic heterocycles. The lowest BCUT2D eigenvalue weighted by Crippen LogP contribution is -2.19. The van der Waals surface area contributed by atoms with Crippen LogP contribution in [-0.2, 0) is 0 Å². The number of para-hydroxylation sites is 1. The highest BCUT2D eigenvalue weighted by Gasteiger charge is 2.09. The van der Waals surface area contributed by atoms with Crippen LogP contribution < -0.4 is 4.90 Å². The van der Waals surface area contributed by atoms with E-state index < -0.39 is 0 Å². The first-order valence-electron chi connectivity index (χ1n) is 5.91. The lowest BCUT2D eigenvalue weighted by Gasteiger charge is -2.22. The van der Waals surface area contributed by atoms with E-state index in [2.05, 4.69) is 11.1 Å². The molecule has 0 amide bonds. The maximum atomic E-state index is 8.78. The van der Waals surface area contributed by atoms with Gasteiger partial charge in [-0.05, 0) is 24.3 Å². The van der Waals surface area contributed by atoms with Crippen LogP contribution in [0.1, 0.15) is 12.0 Å². The Morgan fingerprint density at radius 1 is 1.05 bits per heavy atom. The van der Waals surface area contributed by atoms with Crippen LogP contribution in [0.5, 0.6) is 0 Å². The predicted molar refractivity (Wildman–Crippen MR) is 72.6 cm³/mol. The van der Waals surface area contributed by atoms with E-state index >= 15 is 0 Å². The van der Waals surface area contributed by atoms with Crippen LogP contribution in [0.2, 0.25) is 0 Å². The Kier molecular flexibility index (Phi) is 4.10. The quantitative estimate of drug-likeness (QED) is 0.834. The van der Waals surface area contributed by atoms with E-state index in [1.165, 1.54) is 6.20 Å². The van der Waals surface area contributed by atoms with Gasteiger partial charge in [0, 0.05) is 18.4 Å². The van der Waals surface area contributed by atoms with Gasteiger partial charge in [0.25, 0.3) is 0 Å². The molecule has 1 aromatic carbocycles. The minimum atomic E-state index is 0.413. The van der Waals surface area contributed by atoms with Crippen LogP contribution in [-0.4, -0.2) is 11.5 Å². The third kappa shape index (κ3) is 3.08. The summed E-state index contributed by atoms with van der Waals surface area (Å²) >= 11 is 0. The fourth-order valence-corrected chi connectivity index (χ4v) is 1.76. The van der Waals surface area contributed by atoms with Gasteiger partial charge in [0.15, 0.2) is 0 Å². The molecule has 0 saturated carbocycles. The molecule has 0 N–H and O–H groups in total. The largest absolute Gasteiger partial charge is 0.325 e. The van der Waals surface area contributed by atoms with E-state index in [1.807, 2.05) is 41.3 Å². The van der Waals surface area contributed by atoms with Crippen LogP contribution in [0.3, 0.4) is 0 Å². The number of nitrogens with zero attached hydrogens (tertiary/aromatic N) is 4. The van der Waals surface area contributed by atoms with E-state index in [9.17, 15) is 0 Å². The van der Waals surface area contributed by atoms with Crippen molar-refractivity contribution in [2.75, 3.05) is 11.4 Å². The summed E-state index contributed by atoms with van der Waals surface area (Å²) in [5.41, 5.74) is 1.51. The highest BCUT2D eigenvalue weighted by atomic mass is 15.2. The molecule has 92 valence electrons. The lowest BCUT2D eigenvalue weighted by molar-refractivity contribution is 0.926. The zero-order valence-corrected chi connectivity index (χ0v) is 10.3. The number of benzene rings is 1. The van der Waals surface area contributed by atoms with Gasteiger partial charge in [0.2, 0.25) is 0 Å². The highest BCUT2D eigenvalue weighted by molar-refractivity contribution is 5.60. The first-order valence-corrected chi connectivity index (χ1v) is 5.91. The fourth-order valence-electron chi connectivity index (χ4n) is 1.76. The summed E-state index contributed by atoms with van der Waals surface area (Å²) in [7, 11) is 0. The molecule has 1 heterocycles. The van der Waals surface area contributed by atoms with Gasteiger partial charge in [-0.3, -0.25) is 0 Å². The molecule has 0 bridgehead atoms. The van der Waals surface area contributed by atoms with Crippen LogP contribution in [0, 0.1) is 22.7 Å². The molecular weight excluding hydrogens is 236 g/mol. The van der Waals surface area contributed by atoms with Crippen molar-refractivity contribution in [1.29, 1.82) is 10.5 Å². The van der Waals surface area contributed by atoms with Crippen molar-refractivity contribution in [3.8, 4) is 12.1 Å². The zero-order valence-electron chi connectivity index (χ0n) is 10.3. The molecule has 0 radical (unpaired) electrons. The van der Waals surface area contributed by atoms with Crippen LogP contribution in [0.4, 0.5) is 11.5 Å². The van der Waals surface area contributed by atoms with E-state index in [0.29, 0.717) is 18.5 Å². The summed E-state index contributed by atoms with van der Waals surface area (Å²) in [6.45, 7) is 0.569. The zero-order chi connectivity index (χ0) is 13.5. The summed E-state index contributed by atoms with van der Waals surface area (Å²) in [5, 5.41) is 17.5. The molecule has 0 aliphatic carbocycles. The van der Waals surface area contributed by atoms with Crippen molar-refractivity contribution in [1.82, 2.24) is 4.98 Å². The molecule has 0 saturated heterocycles. The van der Waals surface area contributed by atoms with Gasteiger partial charge in [-0.1, -0.05) is 18.2 Å². The molecule has 4 heteroatoms. The summed E-state index contributed by atoms with van der Waals surface area (Å²) in [5.74, 6) is 0.737. The van der Waals surface area contributed by atoms with E-state index in [1.54, 1.807) is 12.1 Å². The molecule has 0 unspecified atom stereocenters. The van der Waals surface area contributed by atoms with Crippen LogP contribution in [0.25, 0.3) is 0 Å². The number of rotatable bonds is 4. The van der Waals surface area contributed by atoms with Gasteiger partial charge in [0.05, 0.1) is 18.1 Å². The fraction of sp³-hybridized carbons (Fsp3) is 0.133. The second-order valence-corrected chi connectivity index (χ2v) is 3.91. The van der Waals surface area contributed by atoms with Crippen molar-refractivity contribution in [2.24, 2.45) is 0 Å².